The van der Waals surface area contributed by atoms with E-state index in [1.54, 1.807) is 42.5 Å². The molecule has 0 saturated carbocycles. The minimum atomic E-state index is -0.334. The topological polar surface area (TPSA) is 50.7 Å². The molecule has 0 aliphatic heterocycles. The predicted molar refractivity (Wildman–Crippen MR) is 113 cm³/mol. The molecular weight excluding hydrogens is 395 g/mol. The Hall–Kier alpha value is -2.82. The number of aryl methyl sites for hydroxylation is 1. The van der Waals surface area contributed by atoms with Gasteiger partial charge in [0, 0.05) is 11.1 Å². The van der Waals surface area contributed by atoms with Gasteiger partial charge in [0.15, 0.2) is 0 Å². The van der Waals surface area contributed by atoms with Crippen LogP contribution in [0.5, 0.6) is 5.75 Å². The van der Waals surface area contributed by atoms with Crippen LogP contribution in [0.1, 0.15) is 27.0 Å². The number of rotatable bonds is 6. The molecule has 0 unspecified atom stereocenters. The molecule has 0 bridgehead atoms. The molecule has 3 rings (SSSR count). The Morgan fingerprint density at radius 2 is 1.75 bits per heavy atom. The Morgan fingerprint density at radius 1 is 1.04 bits per heavy atom. The van der Waals surface area contributed by atoms with Crippen LogP contribution in [-0.2, 0) is 6.61 Å². The maximum Gasteiger partial charge on any atom is 0.271 e. The van der Waals surface area contributed by atoms with Gasteiger partial charge >= 0.3 is 0 Å². The molecule has 28 heavy (non-hydrogen) atoms. The van der Waals surface area contributed by atoms with E-state index in [0.29, 0.717) is 33.5 Å². The molecule has 3 aromatic carbocycles. The average molecular weight is 413 g/mol. The van der Waals surface area contributed by atoms with Crippen LogP contribution in [0.4, 0.5) is 0 Å². The molecule has 0 radical (unpaired) electrons. The highest BCUT2D eigenvalue weighted by molar-refractivity contribution is 6.43. The maximum absolute atomic E-state index is 12.2. The first-order chi connectivity index (χ1) is 13.5. The number of ether oxygens (including phenoxy) is 1. The number of hydrogen-bond acceptors (Lipinski definition) is 3. The van der Waals surface area contributed by atoms with Gasteiger partial charge < -0.3 is 4.74 Å². The van der Waals surface area contributed by atoms with Gasteiger partial charge in [-0.3, -0.25) is 4.79 Å². The second-order valence-electron chi connectivity index (χ2n) is 6.14. The lowest BCUT2D eigenvalue weighted by atomic mass is 10.2. The minimum Gasteiger partial charge on any atom is -0.489 e. The molecule has 4 nitrogen and oxygen atoms in total. The number of halogens is 2. The van der Waals surface area contributed by atoms with Crippen molar-refractivity contribution in [2.24, 2.45) is 5.10 Å². The van der Waals surface area contributed by atoms with Crippen LogP contribution in [0.3, 0.4) is 0 Å². The van der Waals surface area contributed by atoms with E-state index in [9.17, 15) is 4.79 Å². The van der Waals surface area contributed by atoms with Gasteiger partial charge in [0.1, 0.15) is 12.4 Å². The smallest absolute Gasteiger partial charge is 0.271 e. The molecule has 0 aliphatic rings. The zero-order valence-electron chi connectivity index (χ0n) is 15.2. The first-order valence-electron chi connectivity index (χ1n) is 8.59. The summed E-state index contributed by atoms with van der Waals surface area (Å²) in [7, 11) is 0. The van der Waals surface area contributed by atoms with Gasteiger partial charge in [-0.2, -0.15) is 5.10 Å². The lowest BCUT2D eigenvalue weighted by molar-refractivity contribution is 0.0955. The highest BCUT2D eigenvalue weighted by Gasteiger charge is 2.06. The van der Waals surface area contributed by atoms with E-state index in [0.717, 1.165) is 5.56 Å². The zero-order valence-corrected chi connectivity index (χ0v) is 16.7. The van der Waals surface area contributed by atoms with Gasteiger partial charge in [0.25, 0.3) is 5.91 Å². The second-order valence-corrected chi connectivity index (χ2v) is 6.93. The van der Waals surface area contributed by atoms with Crippen LogP contribution < -0.4 is 10.2 Å². The van der Waals surface area contributed by atoms with Gasteiger partial charge in [0.2, 0.25) is 0 Å². The molecule has 1 amide bonds. The summed E-state index contributed by atoms with van der Waals surface area (Å²) >= 11 is 12.0. The predicted octanol–water partition coefficient (Wildman–Crippen LogP) is 5.64. The number of benzene rings is 3. The van der Waals surface area contributed by atoms with Crippen molar-refractivity contribution in [3.8, 4) is 5.75 Å². The largest absolute Gasteiger partial charge is 0.489 e. The Labute approximate surface area is 173 Å². The fraction of sp³-hybridized carbons (Fsp3) is 0.0909. The molecule has 0 spiro atoms. The third-order valence-corrected chi connectivity index (χ3v) is 4.83. The van der Waals surface area contributed by atoms with E-state index in [1.165, 1.54) is 11.8 Å². The first kappa shape index (κ1) is 19.9. The number of carbonyl (C=O) groups excluding carboxylic acids is 1. The molecule has 6 heteroatoms. The molecular formula is C22H18Cl2N2O2. The van der Waals surface area contributed by atoms with Crippen molar-refractivity contribution in [2.45, 2.75) is 13.5 Å². The van der Waals surface area contributed by atoms with Crippen molar-refractivity contribution < 1.29 is 9.53 Å². The normalized spacial score (nSPS) is 10.8. The molecule has 1 N–H and O–H groups in total. The van der Waals surface area contributed by atoms with Crippen LogP contribution in [0.2, 0.25) is 10.0 Å². The molecule has 142 valence electrons. The third-order valence-electron chi connectivity index (χ3n) is 3.99. The molecule has 3 aromatic rings. The highest BCUT2D eigenvalue weighted by Crippen LogP contribution is 2.24. The Bertz CT molecular complexity index is 984. The van der Waals surface area contributed by atoms with Crippen LogP contribution in [0.15, 0.2) is 71.8 Å². The van der Waals surface area contributed by atoms with Crippen molar-refractivity contribution in [2.75, 3.05) is 0 Å². The number of nitrogens with one attached hydrogen (secondary N) is 1. The summed E-state index contributed by atoms with van der Waals surface area (Å²) in [5, 5.41) is 4.74. The van der Waals surface area contributed by atoms with Crippen molar-refractivity contribution in [3.63, 3.8) is 0 Å². The fourth-order valence-corrected chi connectivity index (χ4v) is 2.76. The van der Waals surface area contributed by atoms with Gasteiger partial charge in [-0.25, -0.2) is 5.43 Å². The van der Waals surface area contributed by atoms with E-state index < -0.39 is 0 Å². The van der Waals surface area contributed by atoms with Crippen molar-refractivity contribution in [1.29, 1.82) is 0 Å². The summed E-state index contributed by atoms with van der Waals surface area (Å²) < 4.78 is 5.74. The molecule has 0 aliphatic carbocycles. The standard InChI is InChI=1S/C22H18Cl2N2O2/c1-15-5-7-16(8-6-15)14-28-19-11-9-17(10-12-19)22(27)26-25-13-18-3-2-4-20(23)21(18)24/h2-13H,14H2,1H3,(H,26,27)/b25-13+. The van der Waals surface area contributed by atoms with E-state index in [4.69, 9.17) is 27.9 Å². The summed E-state index contributed by atoms with van der Waals surface area (Å²) in [5.74, 6) is 0.353. The van der Waals surface area contributed by atoms with Crippen LogP contribution in [0, 0.1) is 6.92 Å². The van der Waals surface area contributed by atoms with Crippen LogP contribution in [0.25, 0.3) is 0 Å². The van der Waals surface area contributed by atoms with E-state index in [2.05, 4.69) is 10.5 Å². The van der Waals surface area contributed by atoms with Crippen LogP contribution in [-0.4, -0.2) is 12.1 Å². The maximum atomic E-state index is 12.2. The summed E-state index contributed by atoms with van der Waals surface area (Å²) in [6, 6.07) is 20.2. The summed E-state index contributed by atoms with van der Waals surface area (Å²) in [6.07, 6.45) is 1.45. The number of carbonyl (C=O) groups is 1. The van der Waals surface area contributed by atoms with Gasteiger partial charge in [0.05, 0.1) is 16.3 Å². The number of nitrogens with zero attached hydrogens (tertiary/aromatic N) is 1. The molecule has 0 saturated heterocycles. The van der Waals surface area contributed by atoms with Crippen LogP contribution >= 0.6 is 23.2 Å². The van der Waals surface area contributed by atoms with E-state index in [1.807, 2.05) is 31.2 Å². The fourth-order valence-electron chi connectivity index (χ4n) is 2.40. The van der Waals surface area contributed by atoms with Crippen molar-refractivity contribution in [1.82, 2.24) is 5.43 Å². The third kappa shape index (κ3) is 5.35. The summed E-state index contributed by atoms with van der Waals surface area (Å²) in [5.41, 5.74) is 5.85. The second kappa shape index (κ2) is 9.40. The first-order valence-corrected chi connectivity index (χ1v) is 9.34. The number of amides is 1. The lowest BCUT2D eigenvalue weighted by Crippen LogP contribution is -2.17. The number of hydrazone groups is 1. The molecule has 0 fully saturated rings. The Kier molecular flexibility index (Phi) is 6.69. The van der Waals surface area contributed by atoms with E-state index >= 15 is 0 Å². The summed E-state index contributed by atoms with van der Waals surface area (Å²) in [6.45, 7) is 2.51. The summed E-state index contributed by atoms with van der Waals surface area (Å²) in [4.78, 5) is 12.2. The van der Waals surface area contributed by atoms with Crippen molar-refractivity contribution in [3.05, 3.63) is 99.0 Å². The highest BCUT2D eigenvalue weighted by atomic mass is 35.5. The molecule has 0 heterocycles. The SMILES string of the molecule is Cc1ccc(COc2ccc(C(=O)N/N=C/c3cccc(Cl)c3Cl)cc2)cc1. The minimum absolute atomic E-state index is 0.334. The van der Waals surface area contributed by atoms with E-state index in [-0.39, 0.29) is 5.91 Å². The van der Waals surface area contributed by atoms with Gasteiger partial charge in [-0.1, -0.05) is 65.2 Å². The molecule has 0 aromatic heterocycles. The molecule has 0 atom stereocenters. The van der Waals surface area contributed by atoms with Crippen molar-refractivity contribution >= 4 is 35.3 Å². The average Bonchev–Trinajstić information content (AvgIpc) is 2.71. The van der Waals surface area contributed by atoms with Gasteiger partial charge in [-0.05, 0) is 42.8 Å². The number of hydrogen-bond donors (Lipinski definition) is 1. The Morgan fingerprint density at radius 3 is 2.46 bits per heavy atom. The lowest BCUT2D eigenvalue weighted by Gasteiger charge is -2.07. The Balaban J connectivity index is 1.55. The zero-order chi connectivity index (χ0) is 19.9. The monoisotopic (exact) mass is 412 g/mol. The van der Waals surface area contributed by atoms with Gasteiger partial charge in [-0.15, -0.1) is 0 Å². The quantitative estimate of drug-likeness (QED) is 0.420.